The molecule has 2 aliphatic rings. The first-order valence-corrected chi connectivity index (χ1v) is 9.25. The van der Waals surface area contributed by atoms with E-state index in [2.05, 4.69) is 15.9 Å². The maximum atomic E-state index is 12.8. The molecule has 116 valence electrons. The summed E-state index contributed by atoms with van der Waals surface area (Å²) in [4.78, 5) is 0.266. The Hall–Kier alpha value is -0.630. The molecule has 1 saturated carbocycles. The lowest BCUT2D eigenvalue weighted by molar-refractivity contribution is 0.411. The SMILES string of the molecule is COc1cc(Br)cc(S(=O)(=O)N2CC3CCC(N)C3C2)c1. The first kappa shape index (κ1) is 15.3. The van der Waals surface area contributed by atoms with Crippen LogP contribution in [0.25, 0.3) is 0 Å². The Bertz CT molecular complexity index is 650. The predicted molar refractivity (Wildman–Crippen MR) is 83.6 cm³/mol. The standard InChI is InChI=1S/C14H19BrN2O3S/c1-20-11-4-10(15)5-12(6-11)21(18,19)17-7-9-2-3-14(16)13(9)8-17/h4-6,9,13-14H,2-3,7-8,16H2,1H3. The Morgan fingerprint density at radius 1 is 1.29 bits per heavy atom. The molecular weight excluding hydrogens is 356 g/mol. The van der Waals surface area contributed by atoms with Crippen molar-refractivity contribution in [3.63, 3.8) is 0 Å². The number of halogens is 1. The van der Waals surface area contributed by atoms with Gasteiger partial charge in [0.1, 0.15) is 5.75 Å². The molecule has 1 aromatic carbocycles. The fourth-order valence-corrected chi connectivity index (χ4v) is 5.63. The number of ether oxygens (including phenoxy) is 1. The molecule has 1 aliphatic heterocycles. The Balaban J connectivity index is 1.90. The quantitative estimate of drug-likeness (QED) is 0.875. The van der Waals surface area contributed by atoms with Gasteiger partial charge in [-0.2, -0.15) is 4.31 Å². The number of nitrogens with zero attached hydrogens (tertiary/aromatic N) is 1. The second-order valence-corrected chi connectivity index (χ2v) is 8.67. The van der Waals surface area contributed by atoms with Gasteiger partial charge >= 0.3 is 0 Å². The zero-order valence-corrected chi connectivity index (χ0v) is 14.2. The molecule has 1 aromatic rings. The molecule has 21 heavy (non-hydrogen) atoms. The summed E-state index contributed by atoms with van der Waals surface area (Å²) >= 11 is 3.33. The van der Waals surface area contributed by atoms with Crippen LogP contribution in [-0.4, -0.2) is 39.0 Å². The molecule has 3 unspecified atom stereocenters. The molecule has 0 radical (unpaired) electrons. The van der Waals surface area contributed by atoms with Gasteiger partial charge in [0.15, 0.2) is 0 Å². The number of methoxy groups -OCH3 is 1. The van der Waals surface area contributed by atoms with Crippen molar-refractivity contribution >= 4 is 26.0 Å². The normalized spacial score (nSPS) is 29.6. The highest BCUT2D eigenvalue weighted by atomic mass is 79.9. The lowest BCUT2D eigenvalue weighted by Crippen LogP contribution is -2.33. The molecule has 1 heterocycles. The average molecular weight is 375 g/mol. The molecule has 1 saturated heterocycles. The predicted octanol–water partition coefficient (Wildman–Crippen LogP) is 1.82. The van der Waals surface area contributed by atoms with Gasteiger partial charge in [0.25, 0.3) is 0 Å². The lowest BCUT2D eigenvalue weighted by Gasteiger charge is -2.19. The van der Waals surface area contributed by atoms with Crippen LogP contribution in [0, 0.1) is 11.8 Å². The second kappa shape index (κ2) is 5.53. The molecule has 3 rings (SSSR count). The van der Waals surface area contributed by atoms with Gasteiger partial charge in [-0.3, -0.25) is 0 Å². The molecule has 7 heteroatoms. The largest absolute Gasteiger partial charge is 0.497 e. The van der Waals surface area contributed by atoms with Crippen LogP contribution in [0.1, 0.15) is 12.8 Å². The van der Waals surface area contributed by atoms with E-state index >= 15 is 0 Å². The number of hydrogen-bond donors (Lipinski definition) is 1. The lowest BCUT2D eigenvalue weighted by atomic mass is 9.98. The summed E-state index contributed by atoms with van der Waals surface area (Å²) < 4.78 is 33.0. The number of nitrogens with two attached hydrogens (primary N) is 1. The van der Waals surface area contributed by atoms with Crippen molar-refractivity contribution in [3.8, 4) is 5.75 Å². The highest BCUT2D eigenvalue weighted by Gasteiger charge is 2.45. The summed E-state index contributed by atoms with van der Waals surface area (Å²) in [5.74, 6) is 1.23. The molecule has 1 aliphatic carbocycles. The molecular formula is C14H19BrN2O3S. The molecule has 5 nitrogen and oxygen atoms in total. The van der Waals surface area contributed by atoms with Gasteiger partial charge < -0.3 is 10.5 Å². The second-order valence-electron chi connectivity index (χ2n) is 5.81. The monoisotopic (exact) mass is 374 g/mol. The molecule has 0 aromatic heterocycles. The molecule has 0 bridgehead atoms. The molecule has 2 N–H and O–H groups in total. The van der Waals surface area contributed by atoms with E-state index in [0.717, 1.165) is 12.8 Å². The third-order valence-electron chi connectivity index (χ3n) is 4.60. The number of hydrogen-bond acceptors (Lipinski definition) is 4. The van der Waals surface area contributed by atoms with Gasteiger partial charge in [-0.05, 0) is 36.8 Å². The van der Waals surface area contributed by atoms with E-state index in [1.54, 1.807) is 22.5 Å². The number of fused-ring (bicyclic) bond motifs is 1. The van der Waals surface area contributed by atoms with E-state index in [9.17, 15) is 8.42 Å². The van der Waals surface area contributed by atoms with Crippen molar-refractivity contribution in [1.29, 1.82) is 0 Å². The van der Waals surface area contributed by atoms with E-state index in [1.807, 2.05) is 0 Å². The summed E-state index contributed by atoms with van der Waals surface area (Å²) in [6.45, 7) is 1.11. The Kier molecular flexibility index (Phi) is 4.02. The molecule has 0 amide bonds. The first-order valence-electron chi connectivity index (χ1n) is 7.02. The third kappa shape index (κ3) is 2.72. The topological polar surface area (TPSA) is 72.6 Å². The van der Waals surface area contributed by atoms with Gasteiger partial charge in [-0.15, -0.1) is 0 Å². The van der Waals surface area contributed by atoms with Crippen molar-refractivity contribution in [3.05, 3.63) is 22.7 Å². The number of rotatable bonds is 3. The van der Waals surface area contributed by atoms with Crippen LogP contribution < -0.4 is 10.5 Å². The Morgan fingerprint density at radius 3 is 2.71 bits per heavy atom. The summed E-state index contributed by atoms with van der Waals surface area (Å²) in [5, 5.41) is 0. The van der Waals surface area contributed by atoms with E-state index in [1.165, 1.54) is 7.11 Å². The summed E-state index contributed by atoms with van der Waals surface area (Å²) in [6.07, 6.45) is 2.04. The van der Waals surface area contributed by atoms with E-state index < -0.39 is 10.0 Å². The maximum absolute atomic E-state index is 12.8. The maximum Gasteiger partial charge on any atom is 0.243 e. The zero-order chi connectivity index (χ0) is 15.2. The minimum atomic E-state index is -3.49. The first-order chi connectivity index (χ1) is 9.91. The van der Waals surface area contributed by atoms with E-state index in [-0.39, 0.29) is 10.9 Å². The van der Waals surface area contributed by atoms with Crippen LogP contribution in [0.5, 0.6) is 5.75 Å². The fourth-order valence-electron chi connectivity index (χ4n) is 3.42. The number of sulfonamides is 1. The molecule has 3 atom stereocenters. The zero-order valence-electron chi connectivity index (χ0n) is 11.8. The van der Waals surface area contributed by atoms with E-state index in [4.69, 9.17) is 10.5 Å². The van der Waals surface area contributed by atoms with Gasteiger partial charge in [-0.25, -0.2) is 8.42 Å². The van der Waals surface area contributed by atoms with Gasteiger partial charge in [0.2, 0.25) is 10.0 Å². The van der Waals surface area contributed by atoms with Crippen molar-refractivity contribution in [2.45, 2.75) is 23.8 Å². The molecule has 0 spiro atoms. The van der Waals surface area contributed by atoms with Crippen LogP contribution >= 0.6 is 15.9 Å². The summed E-state index contributed by atoms with van der Waals surface area (Å²) in [6, 6.07) is 5.06. The van der Waals surface area contributed by atoms with Crippen molar-refractivity contribution in [2.75, 3.05) is 20.2 Å². The van der Waals surface area contributed by atoms with Gasteiger partial charge in [0, 0.05) is 29.7 Å². The Labute approximate surface area is 133 Å². The van der Waals surface area contributed by atoms with Gasteiger partial charge in [0.05, 0.1) is 12.0 Å². The van der Waals surface area contributed by atoms with Crippen LogP contribution in [0.2, 0.25) is 0 Å². The smallest absolute Gasteiger partial charge is 0.243 e. The van der Waals surface area contributed by atoms with Gasteiger partial charge in [-0.1, -0.05) is 15.9 Å². The summed E-state index contributed by atoms with van der Waals surface area (Å²) in [5.41, 5.74) is 6.08. The van der Waals surface area contributed by atoms with Crippen LogP contribution in [0.3, 0.4) is 0 Å². The van der Waals surface area contributed by atoms with E-state index in [0.29, 0.717) is 35.1 Å². The minimum absolute atomic E-state index is 0.132. The molecule has 2 fully saturated rings. The van der Waals surface area contributed by atoms with Crippen LogP contribution in [0.4, 0.5) is 0 Å². The average Bonchev–Trinajstić information content (AvgIpc) is 3.01. The Morgan fingerprint density at radius 2 is 2.05 bits per heavy atom. The van der Waals surface area contributed by atoms with Crippen molar-refractivity contribution < 1.29 is 13.2 Å². The van der Waals surface area contributed by atoms with Crippen molar-refractivity contribution in [2.24, 2.45) is 17.6 Å². The van der Waals surface area contributed by atoms with Crippen LogP contribution in [-0.2, 0) is 10.0 Å². The number of benzene rings is 1. The van der Waals surface area contributed by atoms with Crippen molar-refractivity contribution in [1.82, 2.24) is 4.31 Å². The highest BCUT2D eigenvalue weighted by molar-refractivity contribution is 9.10. The highest BCUT2D eigenvalue weighted by Crippen LogP contribution is 2.39. The minimum Gasteiger partial charge on any atom is -0.497 e. The fraction of sp³-hybridized carbons (Fsp3) is 0.571. The summed E-state index contributed by atoms with van der Waals surface area (Å²) in [7, 11) is -1.97. The third-order valence-corrected chi connectivity index (χ3v) is 6.86. The van der Waals surface area contributed by atoms with Crippen LogP contribution in [0.15, 0.2) is 27.6 Å².